The van der Waals surface area contributed by atoms with Gasteiger partial charge in [-0.2, -0.15) is 0 Å². The Morgan fingerprint density at radius 3 is 1.40 bits per heavy atom. The molecular formula is C64H109NO10. The van der Waals surface area contributed by atoms with Gasteiger partial charge in [0, 0.05) is 6.42 Å². The van der Waals surface area contributed by atoms with Gasteiger partial charge in [0.25, 0.3) is 0 Å². The van der Waals surface area contributed by atoms with Gasteiger partial charge >= 0.3 is 5.97 Å². The van der Waals surface area contributed by atoms with Crippen LogP contribution in [0.4, 0.5) is 0 Å². The van der Waals surface area contributed by atoms with Crippen molar-refractivity contribution in [2.24, 2.45) is 0 Å². The Labute approximate surface area is 456 Å². The smallest absolute Gasteiger partial charge is 0.306 e. The van der Waals surface area contributed by atoms with Gasteiger partial charge in [0.15, 0.2) is 12.4 Å². The van der Waals surface area contributed by atoms with Crippen LogP contribution in [0.1, 0.15) is 233 Å². The second-order valence-corrected chi connectivity index (χ2v) is 20.4. The Bertz CT molecular complexity index is 1580. The lowest BCUT2D eigenvalue weighted by Gasteiger charge is -2.41. The van der Waals surface area contributed by atoms with Crippen molar-refractivity contribution in [2.45, 2.75) is 282 Å². The zero-order chi connectivity index (χ0) is 54.7. The van der Waals surface area contributed by atoms with Gasteiger partial charge in [-0.1, -0.05) is 221 Å². The largest absolute Gasteiger partial charge is 0.454 e. The first kappa shape index (κ1) is 69.6. The van der Waals surface area contributed by atoms with Gasteiger partial charge in [0.2, 0.25) is 5.91 Å². The lowest BCUT2D eigenvalue weighted by molar-refractivity contribution is -0.305. The summed E-state index contributed by atoms with van der Waals surface area (Å²) >= 11 is 0. The van der Waals surface area contributed by atoms with E-state index in [1.54, 1.807) is 6.08 Å². The fraction of sp³-hybridized carbons (Fsp3) is 0.719. The second kappa shape index (κ2) is 51.3. The maximum Gasteiger partial charge on any atom is 0.306 e. The minimum absolute atomic E-state index is 0.0415. The lowest BCUT2D eigenvalue weighted by Crippen LogP contribution is -2.61. The number of aliphatic hydroxyl groups excluding tert-OH is 5. The molecular weight excluding hydrogens is 943 g/mol. The zero-order valence-corrected chi connectivity index (χ0v) is 47.4. The molecule has 0 radical (unpaired) electrons. The zero-order valence-electron chi connectivity index (χ0n) is 47.4. The van der Waals surface area contributed by atoms with Crippen LogP contribution in [0.25, 0.3) is 0 Å². The number of carbonyl (C=O) groups excluding carboxylic acids is 2. The Hall–Kier alpha value is -3.42. The Morgan fingerprint density at radius 2 is 0.920 bits per heavy atom. The predicted molar refractivity (Wildman–Crippen MR) is 310 cm³/mol. The normalized spacial score (nSPS) is 19.9. The Kier molecular flexibility index (Phi) is 47.6. The molecule has 430 valence electrons. The SMILES string of the molecule is CCCCC/C=C\C/C=C\C/C=C\C/C=C\CCCC(=O)OC1C(OCC(NC(=O)C(O)CCCCCCC/C=C\C/C=C\C/C=C\CCCCC)C(O)/C=C/CCCCCCCCCCC)OC(CO)C(O)C1O. The number of ether oxygens (including phenoxy) is 3. The van der Waals surface area contributed by atoms with Gasteiger partial charge in [-0.15, -0.1) is 0 Å². The molecule has 6 N–H and O–H groups in total. The van der Waals surface area contributed by atoms with Crippen LogP contribution in [0.3, 0.4) is 0 Å². The van der Waals surface area contributed by atoms with E-state index in [-0.39, 0.29) is 19.4 Å². The van der Waals surface area contributed by atoms with E-state index in [0.717, 1.165) is 96.3 Å². The van der Waals surface area contributed by atoms with Crippen molar-refractivity contribution < 1.29 is 49.3 Å². The fourth-order valence-corrected chi connectivity index (χ4v) is 8.65. The molecule has 1 aliphatic rings. The van der Waals surface area contributed by atoms with E-state index >= 15 is 0 Å². The number of carbonyl (C=O) groups is 2. The van der Waals surface area contributed by atoms with Crippen molar-refractivity contribution in [3.8, 4) is 0 Å². The molecule has 75 heavy (non-hydrogen) atoms. The maximum absolute atomic E-state index is 13.4. The summed E-state index contributed by atoms with van der Waals surface area (Å²) in [4.78, 5) is 26.5. The average molecular weight is 1050 g/mol. The molecule has 0 spiro atoms. The summed E-state index contributed by atoms with van der Waals surface area (Å²) in [5.74, 6) is -1.27. The van der Waals surface area contributed by atoms with E-state index in [1.165, 1.54) is 83.5 Å². The third-order valence-electron chi connectivity index (χ3n) is 13.5. The third-order valence-corrected chi connectivity index (χ3v) is 13.5. The molecule has 0 aromatic rings. The van der Waals surface area contributed by atoms with Crippen molar-refractivity contribution in [1.29, 1.82) is 0 Å². The van der Waals surface area contributed by atoms with Crippen molar-refractivity contribution in [2.75, 3.05) is 13.2 Å². The van der Waals surface area contributed by atoms with Gasteiger partial charge in [-0.3, -0.25) is 9.59 Å². The minimum atomic E-state index is -1.64. The van der Waals surface area contributed by atoms with E-state index < -0.39 is 67.4 Å². The van der Waals surface area contributed by atoms with Crippen molar-refractivity contribution in [3.63, 3.8) is 0 Å². The standard InChI is InChI=1S/C64H109NO10/c1-4-7-10-13-16-19-22-24-26-28-30-31-33-36-39-42-45-48-51-57(68)63(72)65-55(56(67)50-47-44-41-38-35-21-18-15-12-9-6-3)54-73-64-62(61(71)60(70)58(53-66)74-64)75-59(69)52-49-46-43-40-37-34-32-29-27-25-23-20-17-14-11-8-5-2/h16-17,19-20,24-27,30-32,34,40,43,47,50,55-58,60-62,64,66-68,70-71H,4-15,18,21-23,28-29,33,35-39,41-42,44-46,48-49,51-54H2,1-3H3,(H,65,72)/b19-16-,20-17-,26-24-,27-25-,31-30-,34-32-,43-40-,50-47+. The summed E-state index contributed by atoms with van der Waals surface area (Å²) in [7, 11) is 0. The quantitative estimate of drug-likeness (QED) is 0.0195. The van der Waals surface area contributed by atoms with E-state index in [9.17, 15) is 35.1 Å². The number of esters is 1. The Balaban J connectivity index is 2.74. The molecule has 8 unspecified atom stereocenters. The summed E-state index contributed by atoms with van der Waals surface area (Å²) in [6.07, 6.45) is 57.3. The van der Waals surface area contributed by atoms with Gasteiger partial charge < -0.3 is 45.1 Å². The number of nitrogens with one attached hydrogen (secondary N) is 1. The maximum atomic E-state index is 13.4. The van der Waals surface area contributed by atoms with Crippen LogP contribution in [0.15, 0.2) is 97.2 Å². The molecule has 1 heterocycles. The highest BCUT2D eigenvalue weighted by molar-refractivity contribution is 5.80. The molecule has 0 saturated carbocycles. The van der Waals surface area contributed by atoms with Gasteiger partial charge in [0.05, 0.1) is 25.4 Å². The molecule has 8 atom stereocenters. The van der Waals surface area contributed by atoms with Crippen LogP contribution < -0.4 is 5.32 Å². The highest BCUT2D eigenvalue weighted by Crippen LogP contribution is 2.26. The van der Waals surface area contributed by atoms with E-state index in [4.69, 9.17) is 14.2 Å². The Morgan fingerprint density at radius 1 is 0.520 bits per heavy atom. The van der Waals surface area contributed by atoms with E-state index in [2.05, 4.69) is 99.0 Å². The summed E-state index contributed by atoms with van der Waals surface area (Å²) in [5.41, 5.74) is 0. The number of aliphatic hydroxyl groups is 5. The van der Waals surface area contributed by atoms with Crippen LogP contribution in [0, 0.1) is 0 Å². The summed E-state index contributed by atoms with van der Waals surface area (Å²) in [6, 6.07) is -1.05. The molecule has 11 heteroatoms. The summed E-state index contributed by atoms with van der Waals surface area (Å²) < 4.78 is 17.5. The monoisotopic (exact) mass is 1050 g/mol. The number of rotatable bonds is 49. The molecule has 11 nitrogen and oxygen atoms in total. The average Bonchev–Trinajstić information content (AvgIpc) is 3.41. The third kappa shape index (κ3) is 39.6. The molecule has 1 saturated heterocycles. The molecule has 0 aliphatic carbocycles. The first-order valence-corrected chi connectivity index (χ1v) is 30.0. The number of unbranched alkanes of at least 4 members (excludes halogenated alkanes) is 21. The lowest BCUT2D eigenvalue weighted by atomic mass is 9.99. The summed E-state index contributed by atoms with van der Waals surface area (Å²) in [6.45, 7) is 5.67. The molecule has 1 amide bonds. The molecule has 0 aromatic carbocycles. The molecule has 1 aliphatic heterocycles. The van der Waals surface area contributed by atoms with Crippen LogP contribution in [-0.2, 0) is 23.8 Å². The number of hydrogen-bond acceptors (Lipinski definition) is 10. The highest BCUT2D eigenvalue weighted by Gasteiger charge is 2.47. The topological polar surface area (TPSA) is 175 Å². The van der Waals surface area contributed by atoms with Crippen molar-refractivity contribution >= 4 is 11.9 Å². The van der Waals surface area contributed by atoms with Gasteiger partial charge in [-0.05, 0) is 103 Å². The number of amides is 1. The van der Waals surface area contributed by atoms with E-state index in [1.807, 2.05) is 18.2 Å². The van der Waals surface area contributed by atoms with Crippen LogP contribution in [-0.4, -0.2) is 99.6 Å². The van der Waals surface area contributed by atoms with Gasteiger partial charge in [0.1, 0.15) is 24.4 Å². The second-order valence-electron chi connectivity index (χ2n) is 20.4. The van der Waals surface area contributed by atoms with Crippen molar-refractivity contribution in [1.82, 2.24) is 5.32 Å². The molecule has 0 bridgehead atoms. The predicted octanol–water partition coefficient (Wildman–Crippen LogP) is 13.9. The molecule has 1 fully saturated rings. The minimum Gasteiger partial charge on any atom is -0.454 e. The summed E-state index contributed by atoms with van der Waals surface area (Å²) in [5, 5.41) is 56.8. The van der Waals surface area contributed by atoms with E-state index in [0.29, 0.717) is 19.3 Å². The van der Waals surface area contributed by atoms with Gasteiger partial charge in [-0.25, -0.2) is 0 Å². The highest BCUT2D eigenvalue weighted by atomic mass is 16.7. The van der Waals surface area contributed by atoms with Crippen LogP contribution in [0.2, 0.25) is 0 Å². The van der Waals surface area contributed by atoms with Crippen LogP contribution >= 0.6 is 0 Å². The first-order valence-electron chi connectivity index (χ1n) is 30.0. The molecule has 0 aromatic heterocycles. The number of hydrogen-bond donors (Lipinski definition) is 6. The van der Waals surface area contributed by atoms with Crippen molar-refractivity contribution in [3.05, 3.63) is 97.2 Å². The molecule has 1 rings (SSSR count). The van der Waals surface area contributed by atoms with Crippen LogP contribution in [0.5, 0.6) is 0 Å². The fourth-order valence-electron chi connectivity index (χ4n) is 8.65. The first-order chi connectivity index (χ1) is 36.7. The number of allylic oxidation sites excluding steroid dienone is 15.